The number of benzene rings is 2. The lowest BCUT2D eigenvalue weighted by molar-refractivity contribution is 0.0947. The van der Waals surface area contributed by atoms with Gasteiger partial charge in [0.25, 0.3) is 5.91 Å². The van der Waals surface area contributed by atoms with E-state index in [1.165, 1.54) is 0 Å². The number of aromatic nitrogens is 1. The summed E-state index contributed by atoms with van der Waals surface area (Å²) in [6.07, 6.45) is 3.50. The number of nitrogens with one attached hydrogen (secondary N) is 2. The Morgan fingerprint density at radius 1 is 1.00 bits per heavy atom. The van der Waals surface area contributed by atoms with E-state index >= 15 is 0 Å². The highest BCUT2D eigenvalue weighted by molar-refractivity contribution is 8.13. The van der Waals surface area contributed by atoms with Gasteiger partial charge in [-0.3, -0.25) is 19.8 Å². The van der Waals surface area contributed by atoms with Crippen LogP contribution in [0.3, 0.4) is 0 Å². The summed E-state index contributed by atoms with van der Waals surface area (Å²) in [7, 11) is 0. The van der Waals surface area contributed by atoms with Gasteiger partial charge in [0.15, 0.2) is 0 Å². The molecule has 0 saturated carbocycles. The van der Waals surface area contributed by atoms with E-state index in [1.807, 2.05) is 24.3 Å². The second kappa shape index (κ2) is 10.3. The topological polar surface area (TPSA) is 101 Å². The maximum Gasteiger partial charge on any atom is 0.307 e. The van der Waals surface area contributed by atoms with Gasteiger partial charge >= 0.3 is 5.24 Å². The maximum absolute atomic E-state index is 12.2. The van der Waals surface area contributed by atoms with Crippen molar-refractivity contribution in [2.45, 2.75) is 4.90 Å². The van der Waals surface area contributed by atoms with E-state index in [0.717, 1.165) is 22.9 Å². The first kappa shape index (κ1) is 20.4. The van der Waals surface area contributed by atoms with Gasteiger partial charge in [0.2, 0.25) is 0 Å². The Kier molecular flexibility index (Phi) is 7.21. The molecule has 0 fully saturated rings. The van der Waals surface area contributed by atoms with Crippen LogP contribution < -0.4 is 15.5 Å². The van der Waals surface area contributed by atoms with E-state index in [9.17, 15) is 9.59 Å². The second-order valence-corrected chi connectivity index (χ2v) is 6.94. The quantitative estimate of drug-likeness (QED) is 0.238. The van der Waals surface area contributed by atoms with Gasteiger partial charge in [0, 0.05) is 22.9 Å². The number of nitrogens with zero attached hydrogens (tertiary/aromatic N) is 1. The van der Waals surface area contributed by atoms with Crippen molar-refractivity contribution in [3.05, 3.63) is 78.6 Å². The SMILES string of the molecule is O=C(NO)Sc1ccc(OCCNC(=O)c2ccc(-c3cccnc3)cc2)cc1. The minimum atomic E-state index is -0.560. The van der Waals surface area contributed by atoms with E-state index in [1.54, 1.807) is 54.3 Å². The molecule has 7 nitrogen and oxygen atoms in total. The normalized spacial score (nSPS) is 10.2. The lowest BCUT2D eigenvalue weighted by Gasteiger charge is -2.09. The van der Waals surface area contributed by atoms with Gasteiger partial charge in [-0.2, -0.15) is 0 Å². The van der Waals surface area contributed by atoms with Crippen molar-refractivity contribution >= 4 is 22.9 Å². The van der Waals surface area contributed by atoms with Crippen LogP contribution >= 0.6 is 11.8 Å². The molecule has 3 aromatic rings. The molecule has 0 atom stereocenters. The Morgan fingerprint density at radius 3 is 2.41 bits per heavy atom. The molecule has 0 radical (unpaired) electrons. The van der Waals surface area contributed by atoms with E-state index in [-0.39, 0.29) is 5.91 Å². The number of hydrogen-bond acceptors (Lipinski definition) is 6. The molecular formula is C21H19N3O4S. The lowest BCUT2D eigenvalue weighted by atomic mass is 10.1. The molecular weight excluding hydrogens is 390 g/mol. The van der Waals surface area contributed by atoms with Crippen LogP contribution in [0.1, 0.15) is 10.4 Å². The molecule has 148 valence electrons. The zero-order chi connectivity index (χ0) is 20.5. The largest absolute Gasteiger partial charge is 0.492 e. The summed E-state index contributed by atoms with van der Waals surface area (Å²) >= 11 is 0.866. The average Bonchev–Trinajstić information content (AvgIpc) is 2.78. The van der Waals surface area contributed by atoms with Crippen molar-refractivity contribution < 1.29 is 19.5 Å². The molecule has 0 aliphatic carbocycles. The average molecular weight is 409 g/mol. The first-order chi connectivity index (χ1) is 14.2. The summed E-state index contributed by atoms with van der Waals surface area (Å²) in [6, 6.07) is 18.0. The third-order valence-corrected chi connectivity index (χ3v) is 4.71. The molecule has 2 amide bonds. The zero-order valence-corrected chi connectivity index (χ0v) is 16.2. The van der Waals surface area contributed by atoms with Crippen LogP contribution in [0.15, 0.2) is 78.0 Å². The molecule has 3 rings (SSSR count). The van der Waals surface area contributed by atoms with Crippen LogP contribution in [-0.2, 0) is 0 Å². The van der Waals surface area contributed by atoms with Crippen LogP contribution in [0.4, 0.5) is 4.79 Å². The van der Waals surface area contributed by atoms with Crippen molar-refractivity contribution in [1.29, 1.82) is 0 Å². The van der Waals surface area contributed by atoms with Crippen LogP contribution in [-0.4, -0.2) is 34.5 Å². The first-order valence-electron chi connectivity index (χ1n) is 8.79. The summed E-state index contributed by atoms with van der Waals surface area (Å²) in [6.45, 7) is 0.662. The fraction of sp³-hybridized carbons (Fsp3) is 0.0952. The Balaban J connectivity index is 1.43. The fourth-order valence-corrected chi connectivity index (χ4v) is 3.05. The minimum absolute atomic E-state index is 0.173. The number of carbonyl (C=O) groups is 2. The molecule has 0 spiro atoms. The summed E-state index contributed by atoms with van der Waals surface area (Å²) in [5.41, 5.74) is 4.12. The first-order valence-corrected chi connectivity index (χ1v) is 9.61. The smallest absolute Gasteiger partial charge is 0.307 e. The molecule has 2 aromatic carbocycles. The molecule has 0 aliphatic rings. The summed E-state index contributed by atoms with van der Waals surface area (Å²) in [4.78, 5) is 28.1. The Morgan fingerprint density at radius 2 is 1.76 bits per heavy atom. The van der Waals surface area contributed by atoms with E-state index in [2.05, 4.69) is 10.3 Å². The van der Waals surface area contributed by atoms with Crippen molar-refractivity contribution in [3.63, 3.8) is 0 Å². The van der Waals surface area contributed by atoms with Crippen molar-refractivity contribution in [2.75, 3.05) is 13.2 Å². The van der Waals surface area contributed by atoms with E-state index in [4.69, 9.17) is 9.94 Å². The number of rotatable bonds is 7. The van der Waals surface area contributed by atoms with Gasteiger partial charge in [-0.25, -0.2) is 5.48 Å². The van der Waals surface area contributed by atoms with Gasteiger partial charge in [-0.15, -0.1) is 0 Å². The highest BCUT2D eigenvalue weighted by Crippen LogP contribution is 2.22. The van der Waals surface area contributed by atoms with Gasteiger partial charge in [-0.1, -0.05) is 18.2 Å². The van der Waals surface area contributed by atoms with Crippen LogP contribution in [0, 0.1) is 0 Å². The summed E-state index contributed by atoms with van der Waals surface area (Å²) in [5.74, 6) is 0.446. The number of hydrogen-bond donors (Lipinski definition) is 3. The van der Waals surface area contributed by atoms with Gasteiger partial charge < -0.3 is 10.1 Å². The number of pyridine rings is 1. The molecule has 0 unspecified atom stereocenters. The molecule has 29 heavy (non-hydrogen) atoms. The van der Waals surface area contributed by atoms with Crippen LogP contribution in [0.2, 0.25) is 0 Å². The molecule has 0 saturated heterocycles. The number of thioether (sulfide) groups is 1. The van der Waals surface area contributed by atoms with Gasteiger partial charge in [0.1, 0.15) is 12.4 Å². The van der Waals surface area contributed by atoms with Gasteiger partial charge in [-0.05, 0) is 65.4 Å². The standard InChI is InChI=1S/C21H19N3O4S/c25-20(16-5-3-15(4-6-16)17-2-1-11-22-14-17)23-12-13-28-18-7-9-19(10-8-18)29-21(26)24-27/h1-11,14,27H,12-13H2,(H,23,25)(H,24,26). The number of amides is 2. The molecule has 3 N–H and O–H groups in total. The van der Waals surface area contributed by atoms with Crippen molar-refractivity contribution in [2.24, 2.45) is 0 Å². The third kappa shape index (κ3) is 6.06. The summed E-state index contributed by atoms with van der Waals surface area (Å²) < 4.78 is 5.57. The monoisotopic (exact) mass is 409 g/mol. The molecule has 8 heteroatoms. The third-order valence-electron chi connectivity index (χ3n) is 3.92. The number of ether oxygens (including phenoxy) is 1. The minimum Gasteiger partial charge on any atom is -0.492 e. The molecule has 1 aromatic heterocycles. The highest BCUT2D eigenvalue weighted by atomic mass is 32.2. The zero-order valence-electron chi connectivity index (χ0n) is 15.4. The van der Waals surface area contributed by atoms with Crippen LogP contribution in [0.25, 0.3) is 11.1 Å². The van der Waals surface area contributed by atoms with Crippen molar-refractivity contribution in [1.82, 2.24) is 15.8 Å². The molecule has 1 heterocycles. The highest BCUT2D eigenvalue weighted by Gasteiger charge is 2.06. The predicted molar refractivity (Wildman–Crippen MR) is 110 cm³/mol. The van der Waals surface area contributed by atoms with E-state index < -0.39 is 5.24 Å². The number of carbonyl (C=O) groups excluding carboxylic acids is 2. The predicted octanol–water partition coefficient (Wildman–Crippen LogP) is 3.75. The van der Waals surface area contributed by atoms with Gasteiger partial charge in [0.05, 0.1) is 6.54 Å². The molecule has 0 aliphatic heterocycles. The Labute approximate surface area is 172 Å². The van der Waals surface area contributed by atoms with E-state index in [0.29, 0.717) is 29.4 Å². The maximum atomic E-state index is 12.2. The number of hydroxylamine groups is 1. The molecule has 0 bridgehead atoms. The summed E-state index contributed by atoms with van der Waals surface area (Å²) in [5, 5.41) is 10.8. The fourth-order valence-electron chi connectivity index (χ4n) is 2.52. The Hall–Kier alpha value is -3.36. The van der Waals surface area contributed by atoms with Crippen LogP contribution in [0.5, 0.6) is 5.75 Å². The lowest BCUT2D eigenvalue weighted by Crippen LogP contribution is -2.28. The van der Waals surface area contributed by atoms with Crippen molar-refractivity contribution in [3.8, 4) is 16.9 Å². The second-order valence-electron chi connectivity index (χ2n) is 5.90. The Bertz CT molecular complexity index is 948.